The number of nitrogens with zero attached hydrogens (tertiary/aromatic N) is 1. The van der Waals surface area contributed by atoms with Gasteiger partial charge in [-0.1, -0.05) is 18.2 Å². The van der Waals surface area contributed by atoms with E-state index in [1.807, 2.05) is 6.07 Å². The van der Waals surface area contributed by atoms with Crippen molar-refractivity contribution >= 4 is 34.2 Å². The summed E-state index contributed by atoms with van der Waals surface area (Å²) in [5.41, 5.74) is 2.27. The van der Waals surface area contributed by atoms with Crippen molar-refractivity contribution in [2.75, 3.05) is 18.1 Å². The highest BCUT2D eigenvalue weighted by Crippen LogP contribution is 2.35. The van der Waals surface area contributed by atoms with Gasteiger partial charge in [0.1, 0.15) is 12.2 Å². The number of hydrogen-bond donors (Lipinski definition) is 1. The van der Waals surface area contributed by atoms with E-state index in [1.165, 1.54) is 9.13 Å². The molecule has 0 aliphatic carbocycles. The third-order valence-corrected chi connectivity index (χ3v) is 4.18. The number of benzene rings is 2. The lowest BCUT2D eigenvalue weighted by Crippen LogP contribution is -2.32. The molecule has 1 aliphatic heterocycles. The Labute approximate surface area is 136 Å². The molecule has 0 amide bonds. The summed E-state index contributed by atoms with van der Waals surface area (Å²) in [6.07, 6.45) is 0. The van der Waals surface area contributed by atoms with Crippen LogP contribution in [0.4, 0.5) is 5.69 Å². The van der Waals surface area contributed by atoms with Gasteiger partial charge in [-0.15, -0.1) is 0 Å². The zero-order valence-electron chi connectivity index (χ0n) is 11.3. The molecule has 21 heavy (non-hydrogen) atoms. The fraction of sp³-hybridized carbons (Fsp3) is 0.188. The molecule has 0 spiro atoms. The van der Waals surface area contributed by atoms with Crippen LogP contribution in [-0.4, -0.2) is 24.2 Å². The zero-order chi connectivity index (χ0) is 14.8. The van der Waals surface area contributed by atoms with Gasteiger partial charge in [-0.3, -0.25) is 0 Å². The first kappa shape index (κ1) is 14.2. The number of ether oxygens (including phenoxy) is 1. The Hall–Kier alpha value is -1.76. The van der Waals surface area contributed by atoms with Crippen LogP contribution in [0.2, 0.25) is 0 Å². The van der Waals surface area contributed by atoms with E-state index in [2.05, 4.69) is 51.8 Å². The third kappa shape index (κ3) is 2.97. The number of carboxylic acids is 1. The second-order valence-electron chi connectivity index (χ2n) is 4.86. The summed E-state index contributed by atoms with van der Waals surface area (Å²) in [6, 6.07) is 13.6. The van der Waals surface area contributed by atoms with Crippen molar-refractivity contribution in [3.63, 3.8) is 0 Å². The molecule has 0 radical (unpaired) electrons. The van der Waals surface area contributed by atoms with Gasteiger partial charge in [-0.05, 0) is 52.4 Å². The lowest BCUT2D eigenvalue weighted by Gasteiger charge is -2.32. The lowest BCUT2D eigenvalue weighted by atomic mass is 10.1. The number of halogens is 1. The predicted octanol–water partition coefficient (Wildman–Crippen LogP) is 3.39. The van der Waals surface area contributed by atoms with Gasteiger partial charge in [0.25, 0.3) is 0 Å². The van der Waals surface area contributed by atoms with Crippen LogP contribution in [-0.2, 0) is 6.54 Å². The standard InChI is InChI=1S/C16H14INO3/c17-12-6-4-11(5-7-12)10-18-8-9-21-15-13(16(19)20)2-1-3-14(15)18/h1-7H,8-10H2,(H,19,20). The van der Waals surface area contributed by atoms with Crippen molar-refractivity contribution in [2.45, 2.75) is 6.54 Å². The van der Waals surface area contributed by atoms with Gasteiger partial charge < -0.3 is 14.7 Å². The zero-order valence-corrected chi connectivity index (χ0v) is 13.4. The molecule has 0 saturated carbocycles. The molecule has 1 aliphatic rings. The van der Waals surface area contributed by atoms with Gasteiger partial charge in [0.2, 0.25) is 0 Å². The van der Waals surface area contributed by atoms with Gasteiger partial charge in [0, 0.05) is 10.1 Å². The molecular formula is C16H14INO3. The normalized spacial score (nSPS) is 13.5. The molecule has 3 rings (SSSR count). The molecule has 0 fully saturated rings. The van der Waals surface area contributed by atoms with Gasteiger partial charge >= 0.3 is 5.97 Å². The average Bonchev–Trinajstić information content (AvgIpc) is 2.49. The van der Waals surface area contributed by atoms with Crippen LogP contribution in [0, 0.1) is 3.57 Å². The van der Waals surface area contributed by atoms with Crippen LogP contribution in [0.1, 0.15) is 15.9 Å². The van der Waals surface area contributed by atoms with Crippen LogP contribution in [0.25, 0.3) is 0 Å². The van der Waals surface area contributed by atoms with Crippen LogP contribution in [0.5, 0.6) is 5.75 Å². The maximum absolute atomic E-state index is 11.3. The summed E-state index contributed by atoms with van der Waals surface area (Å²) in [4.78, 5) is 13.4. The average molecular weight is 395 g/mol. The molecule has 2 aromatic carbocycles. The summed E-state index contributed by atoms with van der Waals surface area (Å²) in [6.45, 7) is 2.00. The summed E-state index contributed by atoms with van der Waals surface area (Å²) in [7, 11) is 0. The Morgan fingerprint density at radius 1 is 1.24 bits per heavy atom. The second kappa shape index (κ2) is 5.93. The Bertz CT molecular complexity index is 670. The first-order chi connectivity index (χ1) is 10.1. The largest absolute Gasteiger partial charge is 0.489 e. The van der Waals surface area contributed by atoms with Crippen molar-refractivity contribution in [2.24, 2.45) is 0 Å². The van der Waals surface area contributed by atoms with Crippen molar-refractivity contribution in [3.8, 4) is 5.75 Å². The number of hydrogen-bond acceptors (Lipinski definition) is 3. The highest BCUT2D eigenvalue weighted by atomic mass is 127. The minimum absolute atomic E-state index is 0.222. The molecule has 2 aromatic rings. The van der Waals surface area contributed by atoms with E-state index in [0.29, 0.717) is 12.4 Å². The minimum Gasteiger partial charge on any atom is -0.489 e. The van der Waals surface area contributed by atoms with Gasteiger partial charge in [0.15, 0.2) is 5.75 Å². The highest BCUT2D eigenvalue weighted by molar-refractivity contribution is 14.1. The Kier molecular flexibility index (Phi) is 4.01. The fourth-order valence-electron chi connectivity index (χ4n) is 2.45. The molecule has 0 unspecified atom stereocenters. The lowest BCUT2D eigenvalue weighted by molar-refractivity contribution is 0.0692. The molecule has 0 aromatic heterocycles. The van der Waals surface area contributed by atoms with Crippen LogP contribution >= 0.6 is 22.6 Å². The maximum atomic E-state index is 11.3. The van der Waals surface area contributed by atoms with Crippen molar-refractivity contribution < 1.29 is 14.6 Å². The molecule has 0 atom stereocenters. The van der Waals surface area contributed by atoms with E-state index in [0.717, 1.165) is 18.8 Å². The number of rotatable bonds is 3. The van der Waals surface area contributed by atoms with Gasteiger partial charge in [-0.2, -0.15) is 0 Å². The number of fused-ring (bicyclic) bond motifs is 1. The Morgan fingerprint density at radius 2 is 2.00 bits per heavy atom. The fourth-order valence-corrected chi connectivity index (χ4v) is 2.81. The SMILES string of the molecule is O=C(O)c1cccc2c1OCCN2Cc1ccc(I)cc1. The first-order valence-corrected chi connectivity index (χ1v) is 7.71. The topological polar surface area (TPSA) is 49.8 Å². The second-order valence-corrected chi connectivity index (χ2v) is 6.10. The van der Waals surface area contributed by atoms with Gasteiger partial charge in [0.05, 0.1) is 12.2 Å². The monoisotopic (exact) mass is 395 g/mol. The Balaban J connectivity index is 1.92. The molecule has 108 valence electrons. The smallest absolute Gasteiger partial charge is 0.339 e. The molecule has 5 heteroatoms. The number of para-hydroxylation sites is 1. The molecule has 0 saturated heterocycles. The highest BCUT2D eigenvalue weighted by Gasteiger charge is 2.23. The van der Waals surface area contributed by atoms with E-state index < -0.39 is 5.97 Å². The summed E-state index contributed by atoms with van der Waals surface area (Å²) >= 11 is 2.28. The quantitative estimate of drug-likeness (QED) is 0.810. The summed E-state index contributed by atoms with van der Waals surface area (Å²) in [5, 5.41) is 9.25. The molecule has 1 N–H and O–H groups in total. The summed E-state index contributed by atoms with van der Waals surface area (Å²) in [5.74, 6) is -0.482. The predicted molar refractivity (Wildman–Crippen MR) is 89.1 cm³/mol. The number of carbonyl (C=O) groups is 1. The number of anilines is 1. The van der Waals surface area contributed by atoms with E-state index in [4.69, 9.17) is 4.74 Å². The van der Waals surface area contributed by atoms with E-state index in [1.54, 1.807) is 12.1 Å². The van der Waals surface area contributed by atoms with Crippen molar-refractivity contribution in [3.05, 3.63) is 57.2 Å². The summed E-state index contributed by atoms with van der Waals surface area (Å²) < 4.78 is 6.78. The maximum Gasteiger partial charge on any atom is 0.339 e. The minimum atomic E-state index is -0.956. The molecule has 1 heterocycles. The third-order valence-electron chi connectivity index (χ3n) is 3.46. The van der Waals surface area contributed by atoms with E-state index in [9.17, 15) is 9.90 Å². The van der Waals surface area contributed by atoms with Crippen molar-refractivity contribution in [1.29, 1.82) is 0 Å². The molecule has 0 bridgehead atoms. The Morgan fingerprint density at radius 3 is 2.71 bits per heavy atom. The first-order valence-electron chi connectivity index (χ1n) is 6.63. The van der Waals surface area contributed by atoms with E-state index >= 15 is 0 Å². The molecule has 4 nitrogen and oxygen atoms in total. The van der Waals surface area contributed by atoms with Crippen LogP contribution in [0.3, 0.4) is 0 Å². The van der Waals surface area contributed by atoms with Crippen LogP contribution in [0.15, 0.2) is 42.5 Å². The number of carboxylic acid groups (broad SMARTS) is 1. The molecular weight excluding hydrogens is 381 g/mol. The number of aromatic carboxylic acids is 1. The van der Waals surface area contributed by atoms with Crippen LogP contribution < -0.4 is 9.64 Å². The van der Waals surface area contributed by atoms with Gasteiger partial charge in [-0.25, -0.2) is 4.79 Å². The van der Waals surface area contributed by atoms with Crippen molar-refractivity contribution in [1.82, 2.24) is 0 Å². The van der Waals surface area contributed by atoms with E-state index in [-0.39, 0.29) is 5.56 Å².